The van der Waals surface area contributed by atoms with Gasteiger partial charge in [0.1, 0.15) is 0 Å². The first-order valence-corrected chi connectivity index (χ1v) is 29.7. The molecule has 0 aromatic heterocycles. The van der Waals surface area contributed by atoms with Gasteiger partial charge in [0.15, 0.2) is 0 Å². The maximum Gasteiger partial charge on any atom is 0.305 e. The number of aliphatic hydroxyl groups excluding tert-OH is 2. The highest BCUT2D eigenvalue weighted by molar-refractivity contribution is 5.76. The van der Waals surface area contributed by atoms with Gasteiger partial charge < -0.3 is 20.3 Å². The molecule has 0 saturated heterocycles. The lowest BCUT2D eigenvalue weighted by Crippen LogP contribution is -2.45. The van der Waals surface area contributed by atoms with Crippen molar-refractivity contribution >= 4 is 11.9 Å². The smallest absolute Gasteiger partial charge is 0.305 e. The van der Waals surface area contributed by atoms with Crippen LogP contribution < -0.4 is 5.32 Å². The monoisotopic (exact) mass is 942 g/mol. The summed E-state index contributed by atoms with van der Waals surface area (Å²) in [5.41, 5.74) is 0. The Morgan fingerprint density at radius 2 is 0.746 bits per heavy atom. The molecular weight excluding hydrogens is 827 g/mol. The van der Waals surface area contributed by atoms with Crippen LogP contribution in [-0.4, -0.2) is 47.4 Å². The number of amides is 1. The molecule has 0 saturated carbocycles. The number of allylic oxidation sites excluding steroid dienone is 6. The second-order valence-electron chi connectivity index (χ2n) is 20.3. The number of ether oxygens (including phenoxy) is 1. The number of aliphatic hydroxyl groups is 2. The van der Waals surface area contributed by atoms with Gasteiger partial charge in [0.25, 0.3) is 0 Å². The summed E-state index contributed by atoms with van der Waals surface area (Å²) in [5, 5.41) is 23.1. The highest BCUT2D eigenvalue weighted by Crippen LogP contribution is 2.17. The first kappa shape index (κ1) is 65.1. The summed E-state index contributed by atoms with van der Waals surface area (Å²) in [4.78, 5) is 24.5. The fourth-order valence-corrected chi connectivity index (χ4v) is 9.08. The minimum atomic E-state index is -0.664. The molecule has 0 fully saturated rings. The highest BCUT2D eigenvalue weighted by Gasteiger charge is 2.20. The number of esters is 1. The van der Waals surface area contributed by atoms with Gasteiger partial charge in [-0.15, -0.1) is 0 Å². The lowest BCUT2D eigenvalue weighted by atomic mass is 10.0. The topological polar surface area (TPSA) is 95.9 Å². The first-order valence-electron chi connectivity index (χ1n) is 29.7. The molecule has 0 aliphatic heterocycles. The van der Waals surface area contributed by atoms with E-state index in [4.69, 9.17) is 4.74 Å². The van der Waals surface area contributed by atoms with Gasteiger partial charge in [0.05, 0.1) is 25.4 Å². The van der Waals surface area contributed by atoms with Crippen LogP contribution in [0.3, 0.4) is 0 Å². The molecule has 6 nitrogen and oxygen atoms in total. The molecule has 2 unspecified atom stereocenters. The Labute approximate surface area is 417 Å². The predicted molar refractivity (Wildman–Crippen MR) is 292 cm³/mol. The van der Waals surface area contributed by atoms with E-state index in [1.807, 2.05) is 0 Å². The van der Waals surface area contributed by atoms with E-state index < -0.39 is 12.1 Å². The summed E-state index contributed by atoms with van der Waals surface area (Å²) in [5.74, 6) is -0.0405. The molecule has 0 aromatic rings. The van der Waals surface area contributed by atoms with Crippen molar-refractivity contribution in [2.75, 3.05) is 13.2 Å². The molecule has 0 spiro atoms. The molecule has 0 aliphatic rings. The van der Waals surface area contributed by atoms with Crippen LogP contribution in [0.15, 0.2) is 36.5 Å². The van der Waals surface area contributed by atoms with Gasteiger partial charge in [-0.1, -0.05) is 256 Å². The van der Waals surface area contributed by atoms with Gasteiger partial charge in [-0.3, -0.25) is 9.59 Å². The van der Waals surface area contributed by atoms with E-state index in [1.54, 1.807) is 0 Å². The van der Waals surface area contributed by atoms with Crippen molar-refractivity contribution in [1.82, 2.24) is 5.32 Å². The van der Waals surface area contributed by atoms with Crippen LogP contribution in [-0.2, 0) is 14.3 Å². The lowest BCUT2D eigenvalue weighted by Gasteiger charge is -2.22. The molecule has 3 N–H and O–H groups in total. The molecule has 0 bridgehead atoms. The second-order valence-corrected chi connectivity index (χ2v) is 20.3. The van der Waals surface area contributed by atoms with Crippen LogP contribution in [0.25, 0.3) is 0 Å². The van der Waals surface area contributed by atoms with Crippen molar-refractivity contribution in [1.29, 1.82) is 0 Å². The molecule has 6 heteroatoms. The van der Waals surface area contributed by atoms with Crippen LogP contribution in [0.2, 0.25) is 0 Å². The van der Waals surface area contributed by atoms with Gasteiger partial charge in [-0.25, -0.2) is 0 Å². The summed E-state index contributed by atoms with van der Waals surface area (Å²) in [6.45, 7) is 4.91. The fourth-order valence-electron chi connectivity index (χ4n) is 9.08. The van der Waals surface area contributed by atoms with E-state index in [0.29, 0.717) is 25.9 Å². The first-order chi connectivity index (χ1) is 33.0. The van der Waals surface area contributed by atoms with E-state index in [9.17, 15) is 19.8 Å². The number of unbranched alkanes of at least 4 members (excludes halogenated alkanes) is 38. The maximum absolute atomic E-state index is 12.4. The molecule has 2 atom stereocenters. The number of carbonyl (C=O) groups is 2. The van der Waals surface area contributed by atoms with Gasteiger partial charge in [0, 0.05) is 12.8 Å². The number of hydrogen-bond acceptors (Lipinski definition) is 5. The Kier molecular flexibility index (Phi) is 55.0. The van der Waals surface area contributed by atoms with E-state index >= 15 is 0 Å². The zero-order valence-corrected chi connectivity index (χ0v) is 44.9. The lowest BCUT2D eigenvalue weighted by molar-refractivity contribution is -0.143. The Morgan fingerprint density at radius 1 is 0.418 bits per heavy atom. The van der Waals surface area contributed by atoms with Gasteiger partial charge in [0.2, 0.25) is 5.91 Å². The van der Waals surface area contributed by atoms with Crippen molar-refractivity contribution in [2.24, 2.45) is 0 Å². The Balaban J connectivity index is 3.38. The minimum Gasteiger partial charge on any atom is -0.466 e. The fraction of sp³-hybridized carbons (Fsp3) is 0.869. The van der Waals surface area contributed by atoms with E-state index in [-0.39, 0.29) is 18.5 Å². The van der Waals surface area contributed by atoms with Crippen molar-refractivity contribution in [3.63, 3.8) is 0 Å². The molecule has 0 heterocycles. The van der Waals surface area contributed by atoms with Crippen LogP contribution >= 0.6 is 0 Å². The third-order valence-corrected chi connectivity index (χ3v) is 13.7. The molecule has 1 amide bonds. The van der Waals surface area contributed by atoms with E-state index in [2.05, 4.69) is 55.6 Å². The molecule has 0 radical (unpaired) electrons. The quantitative estimate of drug-likeness (QED) is 0.0321. The average Bonchev–Trinajstić information content (AvgIpc) is 3.33. The van der Waals surface area contributed by atoms with Crippen molar-refractivity contribution < 1.29 is 24.5 Å². The molecule has 394 valence electrons. The zero-order valence-electron chi connectivity index (χ0n) is 44.9. The van der Waals surface area contributed by atoms with Gasteiger partial charge >= 0.3 is 5.97 Å². The largest absolute Gasteiger partial charge is 0.466 e. The molecule has 0 aromatic carbocycles. The number of nitrogens with one attached hydrogen (secondary N) is 1. The van der Waals surface area contributed by atoms with Crippen LogP contribution in [0.4, 0.5) is 0 Å². The van der Waals surface area contributed by atoms with Crippen LogP contribution in [0.1, 0.15) is 316 Å². The summed E-state index contributed by atoms with van der Waals surface area (Å²) in [6, 6.07) is -0.542. The standard InChI is InChI=1S/C61H115NO5/c1-3-5-7-9-11-13-15-16-28-32-35-39-43-47-51-55-61(66)67-56-52-48-44-40-36-33-30-27-25-23-21-19-17-18-20-22-24-26-29-31-34-38-42-46-50-54-60(65)62-58(57-63)59(64)53-49-45-41-37-14-12-10-8-6-4-2/h11,13,16,18,20,28,58-59,63-64H,3-10,12,14-15,17,19,21-27,29-57H2,1-2H3,(H,62,65)/b13-11-,20-18-,28-16-. The van der Waals surface area contributed by atoms with Crippen molar-refractivity contribution in [3.05, 3.63) is 36.5 Å². The SMILES string of the molecule is CCCCC/C=C\C/C=C\CCCCCCCC(=O)OCCCCCCCCCCCCCC/C=C\CCCCCCCCCCCC(=O)NC(CO)C(O)CCCCCCCCCCCC. The Hall–Kier alpha value is -1.92. The van der Waals surface area contributed by atoms with Crippen molar-refractivity contribution in [2.45, 2.75) is 328 Å². The summed E-state index contributed by atoms with van der Waals surface area (Å²) in [6.07, 6.45) is 70.1. The van der Waals surface area contributed by atoms with E-state index in [1.165, 1.54) is 231 Å². The average molecular weight is 943 g/mol. The van der Waals surface area contributed by atoms with Gasteiger partial charge in [-0.2, -0.15) is 0 Å². The molecule has 0 aliphatic carbocycles. The normalized spacial score (nSPS) is 12.8. The third kappa shape index (κ3) is 53.3. The highest BCUT2D eigenvalue weighted by atomic mass is 16.5. The number of rotatable bonds is 55. The third-order valence-electron chi connectivity index (χ3n) is 13.7. The van der Waals surface area contributed by atoms with E-state index in [0.717, 1.165) is 51.4 Å². The molecular formula is C61H115NO5. The maximum atomic E-state index is 12.4. The predicted octanol–water partition coefficient (Wildman–Crippen LogP) is 18.4. The summed E-state index contributed by atoms with van der Waals surface area (Å²) in [7, 11) is 0. The molecule has 0 rings (SSSR count). The minimum absolute atomic E-state index is 0.000829. The Morgan fingerprint density at radius 3 is 1.18 bits per heavy atom. The van der Waals surface area contributed by atoms with Crippen LogP contribution in [0, 0.1) is 0 Å². The van der Waals surface area contributed by atoms with Gasteiger partial charge in [-0.05, 0) is 83.5 Å². The molecule has 67 heavy (non-hydrogen) atoms. The van der Waals surface area contributed by atoms with Crippen molar-refractivity contribution in [3.8, 4) is 0 Å². The number of carbonyl (C=O) groups excluding carboxylic acids is 2. The Bertz CT molecular complexity index is 1090. The zero-order chi connectivity index (χ0) is 48.6. The summed E-state index contributed by atoms with van der Waals surface area (Å²) < 4.78 is 5.47. The summed E-state index contributed by atoms with van der Waals surface area (Å²) >= 11 is 0. The van der Waals surface area contributed by atoms with Crippen LogP contribution in [0.5, 0.6) is 0 Å². The second kappa shape index (κ2) is 56.7. The number of hydrogen-bond donors (Lipinski definition) is 3.